The second-order valence-electron chi connectivity index (χ2n) is 7.38. The minimum Gasteiger partial charge on any atom is -0.482 e. The van der Waals surface area contributed by atoms with Gasteiger partial charge in [0.15, 0.2) is 6.61 Å². The van der Waals surface area contributed by atoms with Crippen LogP contribution >= 0.6 is 0 Å². The van der Waals surface area contributed by atoms with Crippen molar-refractivity contribution >= 4 is 23.3 Å². The number of urea groups is 1. The highest BCUT2D eigenvalue weighted by Gasteiger charge is 2.24. The molecule has 0 radical (unpaired) electrons. The van der Waals surface area contributed by atoms with Crippen molar-refractivity contribution in [2.45, 2.75) is 25.2 Å². The number of amides is 3. The van der Waals surface area contributed by atoms with Crippen LogP contribution in [0.25, 0.3) is 0 Å². The first kappa shape index (κ1) is 18.3. The van der Waals surface area contributed by atoms with Crippen LogP contribution in [0.3, 0.4) is 0 Å². The van der Waals surface area contributed by atoms with E-state index < -0.39 is 0 Å². The summed E-state index contributed by atoms with van der Waals surface area (Å²) in [6.07, 6.45) is 3.05. The van der Waals surface area contributed by atoms with Crippen molar-refractivity contribution in [3.05, 3.63) is 54.1 Å². The molecule has 0 aromatic heterocycles. The summed E-state index contributed by atoms with van der Waals surface area (Å²) in [5.74, 6) is 1.05. The highest BCUT2D eigenvalue weighted by molar-refractivity contribution is 5.99. The fourth-order valence-electron chi connectivity index (χ4n) is 3.91. The Morgan fingerprint density at radius 2 is 1.93 bits per heavy atom. The number of carbonyl (C=O) groups is 2. The second-order valence-corrected chi connectivity index (χ2v) is 7.38. The molecule has 4 rings (SSSR count). The van der Waals surface area contributed by atoms with Crippen LogP contribution in [0.1, 0.15) is 30.7 Å². The number of anilines is 2. The molecular formula is C22H25N3O3. The van der Waals surface area contributed by atoms with Gasteiger partial charge in [-0.1, -0.05) is 30.3 Å². The van der Waals surface area contributed by atoms with E-state index in [1.165, 1.54) is 5.56 Å². The summed E-state index contributed by atoms with van der Waals surface area (Å²) in [5.41, 5.74) is 2.69. The van der Waals surface area contributed by atoms with Crippen LogP contribution in [0.4, 0.5) is 16.2 Å². The predicted molar refractivity (Wildman–Crippen MR) is 109 cm³/mol. The Labute approximate surface area is 165 Å². The average molecular weight is 379 g/mol. The number of hydrogen-bond acceptors (Lipinski definition) is 3. The second kappa shape index (κ2) is 7.92. The Balaban J connectivity index is 1.41. The number of benzene rings is 2. The Bertz CT molecular complexity index is 869. The van der Waals surface area contributed by atoms with Gasteiger partial charge >= 0.3 is 6.03 Å². The lowest BCUT2D eigenvalue weighted by molar-refractivity contribution is -0.120. The number of rotatable bonds is 2. The first-order chi connectivity index (χ1) is 13.6. The third-order valence-electron chi connectivity index (χ3n) is 5.58. The first-order valence-corrected chi connectivity index (χ1v) is 9.76. The number of hydrogen-bond donors (Lipinski definition) is 1. The number of carbonyl (C=O) groups excluding carboxylic acids is 2. The fourth-order valence-corrected chi connectivity index (χ4v) is 3.91. The lowest BCUT2D eigenvalue weighted by atomic mass is 9.92. The van der Waals surface area contributed by atoms with Gasteiger partial charge in [-0.3, -0.25) is 4.79 Å². The maximum absolute atomic E-state index is 12.8. The number of nitrogens with one attached hydrogen (secondary N) is 1. The van der Waals surface area contributed by atoms with E-state index in [9.17, 15) is 9.59 Å². The summed E-state index contributed by atoms with van der Waals surface area (Å²) in [4.78, 5) is 28.1. The van der Waals surface area contributed by atoms with Gasteiger partial charge < -0.3 is 19.9 Å². The quantitative estimate of drug-likeness (QED) is 0.862. The maximum atomic E-state index is 12.8. The zero-order valence-electron chi connectivity index (χ0n) is 16.1. The Morgan fingerprint density at radius 3 is 2.75 bits per heavy atom. The van der Waals surface area contributed by atoms with Crippen LogP contribution in [-0.2, 0) is 4.79 Å². The van der Waals surface area contributed by atoms with Gasteiger partial charge in [0.1, 0.15) is 5.75 Å². The number of ether oxygens (including phenoxy) is 1. The normalized spacial score (nSPS) is 19.5. The Hall–Kier alpha value is -3.02. The molecule has 1 N–H and O–H groups in total. The summed E-state index contributed by atoms with van der Waals surface area (Å²) < 4.78 is 5.44. The van der Waals surface area contributed by atoms with Crippen LogP contribution in [-0.4, -0.2) is 43.6 Å². The number of nitrogens with zero attached hydrogens (tertiary/aromatic N) is 2. The number of fused-ring (bicyclic) bond motifs is 1. The molecule has 1 saturated heterocycles. The molecule has 0 bridgehead atoms. The van der Waals surface area contributed by atoms with Gasteiger partial charge in [-0.2, -0.15) is 0 Å². The summed E-state index contributed by atoms with van der Waals surface area (Å²) >= 11 is 0. The van der Waals surface area contributed by atoms with Crippen molar-refractivity contribution in [2.24, 2.45) is 0 Å². The van der Waals surface area contributed by atoms with Crippen molar-refractivity contribution in [3.63, 3.8) is 0 Å². The molecule has 0 spiro atoms. The molecule has 28 heavy (non-hydrogen) atoms. The van der Waals surface area contributed by atoms with Crippen LogP contribution in [0.2, 0.25) is 0 Å². The van der Waals surface area contributed by atoms with Crippen molar-refractivity contribution in [1.29, 1.82) is 0 Å². The summed E-state index contributed by atoms with van der Waals surface area (Å²) in [5, 5.41) is 2.97. The van der Waals surface area contributed by atoms with Crippen LogP contribution < -0.4 is 15.0 Å². The number of likely N-dealkylation sites (N-methyl/N-ethyl adjacent to an activating group) is 1. The van der Waals surface area contributed by atoms with Gasteiger partial charge in [0.2, 0.25) is 0 Å². The molecule has 146 valence electrons. The molecule has 6 heteroatoms. The van der Waals surface area contributed by atoms with E-state index in [2.05, 4.69) is 29.6 Å². The van der Waals surface area contributed by atoms with E-state index in [1.54, 1.807) is 24.1 Å². The van der Waals surface area contributed by atoms with E-state index >= 15 is 0 Å². The lowest BCUT2D eigenvalue weighted by Gasteiger charge is -2.27. The van der Waals surface area contributed by atoms with Crippen molar-refractivity contribution in [2.75, 3.05) is 37.0 Å². The van der Waals surface area contributed by atoms with Crippen LogP contribution in [0.15, 0.2) is 48.5 Å². The SMILES string of the molecule is CN1C(=O)COc2ccc(NC(=O)N3CCC[C@@H](c4ccccc4)CC3)cc21. The summed E-state index contributed by atoms with van der Waals surface area (Å²) in [7, 11) is 1.72. The van der Waals surface area contributed by atoms with Crippen LogP contribution in [0, 0.1) is 0 Å². The fraction of sp³-hybridized carbons (Fsp3) is 0.364. The van der Waals surface area contributed by atoms with Crippen molar-refractivity contribution < 1.29 is 14.3 Å². The van der Waals surface area contributed by atoms with Crippen molar-refractivity contribution in [1.82, 2.24) is 4.90 Å². The molecule has 0 aliphatic carbocycles. The van der Waals surface area contributed by atoms with Crippen LogP contribution in [0.5, 0.6) is 5.75 Å². The zero-order valence-corrected chi connectivity index (χ0v) is 16.1. The van der Waals surface area contributed by atoms with E-state index in [1.807, 2.05) is 17.0 Å². The molecule has 2 aliphatic rings. The highest BCUT2D eigenvalue weighted by atomic mass is 16.5. The molecule has 6 nitrogen and oxygen atoms in total. The largest absolute Gasteiger partial charge is 0.482 e. The lowest BCUT2D eigenvalue weighted by Crippen LogP contribution is -2.36. The first-order valence-electron chi connectivity index (χ1n) is 9.76. The minimum absolute atomic E-state index is 0.0472. The predicted octanol–water partition coefficient (Wildman–Crippen LogP) is 3.84. The molecular weight excluding hydrogens is 354 g/mol. The van der Waals surface area contributed by atoms with E-state index in [0.717, 1.165) is 32.4 Å². The van der Waals surface area contributed by atoms with Gasteiger partial charge in [0.05, 0.1) is 5.69 Å². The molecule has 2 heterocycles. The standard InChI is InChI=1S/C22H25N3O3/c1-24-19-14-18(9-10-20(19)28-15-21(24)26)23-22(27)25-12-5-8-17(11-13-25)16-6-3-2-4-7-16/h2-4,6-7,9-10,14,17H,5,8,11-13,15H2,1H3,(H,23,27)/t17-/m1/s1. The molecule has 2 aliphatic heterocycles. The van der Waals surface area contributed by atoms with Gasteiger partial charge in [-0.15, -0.1) is 0 Å². The summed E-state index contributed by atoms with van der Waals surface area (Å²) in [6.45, 7) is 1.53. The molecule has 0 saturated carbocycles. The molecule has 2 aromatic rings. The Morgan fingerprint density at radius 1 is 1.11 bits per heavy atom. The molecule has 2 aromatic carbocycles. The van der Waals surface area contributed by atoms with Gasteiger partial charge in [-0.25, -0.2) is 4.79 Å². The van der Waals surface area contributed by atoms with Crippen molar-refractivity contribution in [3.8, 4) is 5.75 Å². The summed E-state index contributed by atoms with van der Waals surface area (Å²) in [6, 6.07) is 15.8. The number of likely N-dealkylation sites (tertiary alicyclic amines) is 1. The Kier molecular flexibility index (Phi) is 5.19. The third-order valence-corrected chi connectivity index (χ3v) is 5.58. The molecule has 3 amide bonds. The van der Waals surface area contributed by atoms with E-state index in [0.29, 0.717) is 23.0 Å². The highest BCUT2D eigenvalue weighted by Crippen LogP contribution is 2.34. The van der Waals surface area contributed by atoms with E-state index in [4.69, 9.17) is 4.74 Å². The average Bonchev–Trinajstić information content (AvgIpc) is 2.98. The van der Waals surface area contributed by atoms with Gasteiger partial charge in [0, 0.05) is 25.8 Å². The minimum atomic E-state index is -0.101. The molecule has 1 fully saturated rings. The smallest absolute Gasteiger partial charge is 0.321 e. The monoisotopic (exact) mass is 379 g/mol. The molecule has 0 unspecified atom stereocenters. The van der Waals surface area contributed by atoms with Gasteiger partial charge in [-0.05, 0) is 48.9 Å². The topological polar surface area (TPSA) is 61.9 Å². The maximum Gasteiger partial charge on any atom is 0.321 e. The zero-order chi connectivity index (χ0) is 19.5. The van der Waals surface area contributed by atoms with E-state index in [-0.39, 0.29) is 18.5 Å². The molecule has 1 atom stereocenters. The third kappa shape index (κ3) is 3.81. The van der Waals surface area contributed by atoms with Gasteiger partial charge in [0.25, 0.3) is 5.91 Å².